The van der Waals surface area contributed by atoms with E-state index in [0.717, 1.165) is 10.6 Å². The summed E-state index contributed by atoms with van der Waals surface area (Å²) in [6, 6.07) is 7.34. The van der Waals surface area contributed by atoms with Crippen LogP contribution in [0.1, 0.15) is 24.2 Å². The minimum Gasteiger partial charge on any atom is -0.465 e. The lowest BCUT2D eigenvalue weighted by atomic mass is 10.2. The van der Waals surface area contributed by atoms with Crippen LogP contribution < -0.4 is 5.32 Å². The van der Waals surface area contributed by atoms with Crippen LogP contribution in [0.3, 0.4) is 0 Å². The average molecular weight is 267 g/mol. The first-order valence-corrected chi connectivity index (χ1v) is 6.83. The van der Waals surface area contributed by atoms with Gasteiger partial charge in [-0.25, -0.2) is 0 Å². The number of thioether (sulfide) groups is 1. The second-order valence-electron chi connectivity index (χ2n) is 3.42. The highest BCUT2D eigenvalue weighted by Gasteiger charge is 2.12. The van der Waals surface area contributed by atoms with Crippen LogP contribution in [0.5, 0.6) is 0 Å². The Morgan fingerprint density at radius 2 is 2.00 bits per heavy atom. The van der Waals surface area contributed by atoms with Crippen LogP contribution in [-0.4, -0.2) is 30.8 Å². The Labute approximate surface area is 111 Å². The maximum Gasteiger partial charge on any atom is 0.325 e. The SMILES string of the molecule is CCOC(=O)CNC(=O)c1ccccc1SCC. The van der Waals surface area contributed by atoms with Crippen LogP contribution in [-0.2, 0) is 9.53 Å². The van der Waals surface area contributed by atoms with E-state index in [2.05, 4.69) is 5.32 Å². The number of benzene rings is 1. The first-order valence-electron chi connectivity index (χ1n) is 5.84. The molecule has 0 bridgehead atoms. The summed E-state index contributed by atoms with van der Waals surface area (Å²) in [5, 5.41) is 2.56. The summed E-state index contributed by atoms with van der Waals surface area (Å²) < 4.78 is 4.75. The molecule has 1 rings (SSSR count). The maximum atomic E-state index is 11.9. The van der Waals surface area contributed by atoms with E-state index in [0.29, 0.717) is 12.2 Å². The first kappa shape index (κ1) is 14.6. The van der Waals surface area contributed by atoms with Crippen LogP contribution in [0.2, 0.25) is 0 Å². The number of hydrogen-bond donors (Lipinski definition) is 1. The molecule has 4 nitrogen and oxygen atoms in total. The van der Waals surface area contributed by atoms with E-state index in [1.165, 1.54) is 0 Å². The van der Waals surface area contributed by atoms with Gasteiger partial charge in [0.25, 0.3) is 5.91 Å². The third kappa shape index (κ3) is 4.41. The molecule has 98 valence electrons. The van der Waals surface area contributed by atoms with Gasteiger partial charge in [-0.3, -0.25) is 9.59 Å². The number of ether oxygens (including phenoxy) is 1. The Morgan fingerprint density at radius 3 is 2.67 bits per heavy atom. The molecule has 0 heterocycles. The highest BCUT2D eigenvalue weighted by atomic mass is 32.2. The second kappa shape index (κ2) is 7.76. The summed E-state index contributed by atoms with van der Waals surface area (Å²) in [6.45, 7) is 3.97. The number of esters is 1. The molecule has 1 aromatic rings. The zero-order chi connectivity index (χ0) is 13.4. The predicted octanol–water partition coefficient (Wildman–Crippen LogP) is 2.09. The number of carbonyl (C=O) groups is 2. The lowest BCUT2D eigenvalue weighted by Crippen LogP contribution is -2.30. The van der Waals surface area contributed by atoms with E-state index in [1.54, 1.807) is 30.8 Å². The van der Waals surface area contributed by atoms with Gasteiger partial charge in [0.05, 0.1) is 12.2 Å². The van der Waals surface area contributed by atoms with Gasteiger partial charge in [-0.15, -0.1) is 11.8 Å². The van der Waals surface area contributed by atoms with Gasteiger partial charge >= 0.3 is 5.97 Å². The van der Waals surface area contributed by atoms with Crippen LogP contribution >= 0.6 is 11.8 Å². The molecule has 5 heteroatoms. The summed E-state index contributed by atoms with van der Waals surface area (Å²) in [4.78, 5) is 24.0. The topological polar surface area (TPSA) is 55.4 Å². The van der Waals surface area contributed by atoms with E-state index < -0.39 is 5.97 Å². The molecule has 0 spiro atoms. The molecule has 1 amide bonds. The molecular weight excluding hydrogens is 250 g/mol. The van der Waals surface area contributed by atoms with Gasteiger partial charge in [0.1, 0.15) is 6.54 Å². The van der Waals surface area contributed by atoms with Crippen LogP contribution in [0.4, 0.5) is 0 Å². The van der Waals surface area contributed by atoms with Gasteiger partial charge in [0.15, 0.2) is 0 Å². The molecule has 0 aliphatic heterocycles. The fraction of sp³-hybridized carbons (Fsp3) is 0.385. The monoisotopic (exact) mass is 267 g/mol. The molecule has 0 aliphatic rings. The van der Waals surface area contributed by atoms with Crippen molar-refractivity contribution in [2.45, 2.75) is 18.7 Å². The Balaban J connectivity index is 2.63. The molecule has 0 fully saturated rings. The Bertz CT molecular complexity index is 420. The maximum absolute atomic E-state index is 11.9. The fourth-order valence-electron chi connectivity index (χ4n) is 1.40. The standard InChI is InChI=1S/C13H17NO3S/c1-3-17-12(15)9-14-13(16)10-7-5-6-8-11(10)18-4-2/h5-8H,3-4,9H2,1-2H3,(H,14,16). The molecule has 1 N–H and O–H groups in total. The van der Waals surface area contributed by atoms with Gasteiger partial charge in [-0.2, -0.15) is 0 Å². The van der Waals surface area contributed by atoms with Crippen molar-refractivity contribution in [2.75, 3.05) is 18.9 Å². The van der Waals surface area contributed by atoms with Crippen LogP contribution in [0.25, 0.3) is 0 Å². The number of nitrogens with one attached hydrogen (secondary N) is 1. The fourth-order valence-corrected chi connectivity index (χ4v) is 2.20. The summed E-state index contributed by atoms with van der Waals surface area (Å²) in [5.41, 5.74) is 0.591. The summed E-state index contributed by atoms with van der Waals surface area (Å²) >= 11 is 1.60. The molecule has 1 aromatic carbocycles. The second-order valence-corrected chi connectivity index (χ2v) is 4.72. The number of hydrogen-bond acceptors (Lipinski definition) is 4. The van der Waals surface area contributed by atoms with Crippen molar-refractivity contribution >= 4 is 23.6 Å². The van der Waals surface area contributed by atoms with Crippen molar-refractivity contribution in [2.24, 2.45) is 0 Å². The van der Waals surface area contributed by atoms with Crippen molar-refractivity contribution in [1.82, 2.24) is 5.32 Å². The summed E-state index contributed by atoms with van der Waals surface area (Å²) in [7, 11) is 0. The number of amides is 1. The molecule has 0 atom stereocenters. The first-order chi connectivity index (χ1) is 8.69. The molecule has 0 radical (unpaired) electrons. The van der Waals surface area contributed by atoms with Gasteiger partial charge in [-0.05, 0) is 24.8 Å². The quantitative estimate of drug-likeness (QED) is 0.633. The van der Waals surface area contributed by atoms with Crippen molar-refractivity contribution in [3.8, 4) is 0 Å². The molecule has 0 saturated carbocycles. The van der Waals surface area contributed by atoms with E-state index in [4.69, 9.17) is 4.74 Å². The largest absolute Gasteiger partial charge is 0.465 e. The van der Waals surface area contributed by atoms with Gasteiger partial charge < -0.3 is 10.1 Å². The van der Waals surface area contributed by atoms with E-state index in [9.17, 15) is 9.59 Å². The molecule has 0 aliphatic carbocycles. The zero-order valence-corrected chi connectivity index (χ0v) is 11.4. The molecule has 0 saturated heterocycles. The normalized spacial score (nSPS) is 9.89. The Hall–Kier alpha value is -1.49. The lowest BCUT2D eigenvalue weighted by Gasteiger charge is -2.08. The van der Waals surface area contributed by atoms with Gasteiger partial charge in [-0.1, -0.05) is 19.1 Å². The zero-order valence-electron chi connectivity index (χ0n) is 10.6. The smallest absolute Gasteiger partial charge is 0.325 e. The van der Waals surface area contributed by atoms with E-state index in [1.807, 2.05) is 19.1 Å². The molecule has 0 unspecified atom stereocenters. The molecule has 18 heavy (non-hydrogen) atoms. The highest BCUT2D eigenvalue weighted by Crippen LogP contribution is 2.21. The average Bonchev–Trinajstić information content (AvgIpc) is 2.37. The third-order valence-corrected chi connectivity index (χ3v) is 3.09. The lowest BCUT2D eigenvalue weighted by molar-refractivity contribution is -0.141. The minimum absolute atomic E-state index is 0.0994. The summed E-state index contributed by atoms with van der Waals surface area (Å²) in [6.07, 6.45) is 0. The predicted molar refractivity (Wildman–Crippen MR) is 71.8 cm³/mol. The third-order valence-electron chi connectivity index (χ3n) is 2.13. The highest BCUT2D eigenvalue weighted by molar-refractivity contribution is 7.99. The van der Waals surface area contributed by atoms with E-state index >= 15 is 0 Å². The van der Waals surface area contributed by atoms with E-state index in [-0.39, 0.29) is 12.5 Å². The minimum atomic E-state index is -0.425. The van der Waals surface area contributed by atoms with Crippen molar-refractivity contribution in [1.29, 1.82) is 0 Å². The van der Waals surface area contributed by atoms with Crippen molar-refractivity contribution in [3.63, 3.8) is 0 Å². The van der Waals surface area contributed by atoms with Gasteiger partial charge in [0.2, 0.25) is 0 Å². The Kier molecular flexibility index (Phi) is 6.28. The van der Waals surface area contributed by atoms with Crippen molar-refractivity contribution in [3.05, 3.63) is 29.8 Å². The van der Waals surface area contributed by atoms with Crippen LogP contribution in [0.15, 0.2) is 29.2 Å². The summed E-state index contributed by atoms with van der Waals surface area (Å²) in [5.74, 6) is 0.216. The number of rotatable bonds is 6. The molecule has 0 aromatic heterocycles. The van der Waals surface area contributed by atoms with Crippen LogP contribution in [0, 0.1) is 0 Å². The van der Waals surface area contributed by atoms with Crippen molar-refractivity contribution < 1.29 is 14.3 Å². The Morgan fingerprint density at radius 1 is 1.28 bits per heavy atom. The number of carbonyl (C=O) groups excluding carboxylic acids is 2. The molecular formula is C13H17NO3S. The van der Waals surface area contributed by atoms with Gasteiger partial charge in [0, 0.05) is 4.90 Å².